The van der Waals surface area contributed by atoms with Gasteiger partial charge in [0.15, 0.2) is 5.82 Å². The smallest absolute Gasteiger partial charge is 0.230 e. The minimum Gasteiger partial charge on any atom is -0.469 e. The molecule has 3 N–H and O–H groups in total. The number of hydrogen-bond donors (Lipinski definition) is 2. The molecule has 1 aromatic carbocycles. The summed E-state index contributed by atoms with van der Waals surface area (Å²) in [4.78, 5) is 12.5. The number of thioether (sulfide) groups is 1. The molecule has 1 atom stereocenters. The lowest BCUT2D eigenvalue weighted by Gasteiger charge is -2.18. The SMILES string of the molecule is Cc1occc1-c1nnc(SCC(=O)NC(c2ccccc2)C2CC2)n1N. The second-order valence-electron chi connectivity index (χ2n) is 6.65. The zero-order chi connectivity index (χ0) is 18.8. The first-order chi connectivity index (χ1) is 13.1. The van der Waals surface area contributed by atoms with Crippen molar-refractivity contribution in [1.29, 1.82) is 0 Å². The summed E-state index contributed by atoms with van der Waals surface area (Å²) in [7, 11) is 0. The molecule has 140 valence electrons. The van der Waals surface area contributed by atoms with Crippen LogP contribution >= 0.6 is 11.8 Å². The predicted molar refractivity (Wildman–Crippen MR) is 103 cm³/mol. The van der Waals surface area contributed by atoms with Crippen LogP contribution in [0, 0.1) is 12.8 Å². The van der Waals surface area contributed by atoms with Crippen LogP contribution in [0.1, 0.15) is 30.2 Å². The molecule has 1 aliphatic carbocycles. The summed E-state index contributed by atoms with van der Waals surface area (Å²) >= 11 is 1.27. The first kappa shape index (κ1) is 17.7. The molecular formula is C19H21N5O2S. The Morgan fingerprint density at radius 1 is 1.33 bits per heavy atom. The molecule has 27 heavy (non-hydrogen) atoms. The molecule has 1 aliphatic rings. The Morgan fingerprint density at radius 3 is 2.78 bits per heavy atom. The number of nitrogens with two attached hydrogens (primary N) is 1. The first-order valence-electron chi connectivity index (χ1n) is 8.85. The molecule has 0 aliphatic heterocycles. The minimum atomic E-state index is -0.0372. The Kier molecular flexibility index (Phi) is 4.89. The first-order valence-corrected chi connectivity index (χ1v) is 9.84. The molecule has 1 saturated carbocycles. The largest absolute Gasteiger partial charge is 0.469 e. The van der Waals surface area contributed by atoms with Crippen LogP contribution in [0.15, 0.2) is 52.2 Å². The van der Waals surface area contributed by atoms with E-state index in [0.29, 0.717) is 16.9 Å². The van der Waals surface area contributed by atoms with E-state index < -0.39 is 0 Å². The Hall–Kier alpha value is -2.74. The van der Waals surface area contributed by atoms with E-state index in [0.717, 1.165) is 29.7 Å². The maximum Gasteiger partial charge on any atom is 0.230 e. The highest BCUT2D eigenvalue weighted by Gasteiger charge is 2.33. The lowest BCUT2D eigenvalue weighted by Crippen LogP contribution is -2.31. The summed E-state index contributed by atoms with van der Waals surface area (Å²) in [5.41, 5.74) is 1.94. The van der Waals surface area contributed by atoms with Gasteiger partial charge in [-0.1, -0.05) is 42.1 Å². The quantitative estimate of drug-likeness (QED) is 0.481. The average molecular weight is 383 g/mol. The van der Waals surface area contributed by atoms with Gasteiger partial charge >= 0.3 is 0 Å². The van der Waals surface area contributed by atoms with Crippen molar-refractivity contribution >= 4 is 17.7 Å². The van der Waals surface area contributed by atoms with Gasteiger partial charge in [-0.3, -0.25) is 4.79 Å². The van der Waals surface area contributed by atoms with Crippen molar-refractivity contribution < 1.29 is 9.21 Å². The minimum absolute atomic E-state index is 0.0372. The molecule has 0 bridgehead atoms. The number of rotatable bonds is 7. The second kappa shape index (κ2) is 7.48. The number of nitrogens with one attached hydrogen (secondary N) is 1. The number of amides is 1. The van der Waals surface area contributed by atoms with Crippen molar-refractivity contribution in [1.82, 2.24) is 20.2 Å². The fraction of sp³-hybridized carbons (Fsp3) is 0.316. The van der Waals surface area contributed by atoms with E-state index in [1.807, 2.05) is 25.1 Å². The fourth-order valence-corrected chi connectivity index (χ4v) is 3.75. The van der Waals surface area contributed by atoms with E-state index in [9.17, 15) is 4.79 Å². The van der Waals surface area contributed by atoms with Crippen molar-refractivity contribution in [3.8, 4) is 11.4 Å². The molecule has 0 saturated heterocycles. The summed E-state index contributed by atoms with van der Waals surface area (Å²) in [6.45, 7) is 1.84. The molecule has 0 radical (unpaired) electrons. The van der Waals surface area contributed by atoms with Crippen LogP contribution in [0.2, 0.25) is 0 Å². The molecule has 2 heterocycles. The number of hydrogen-bond acceptors (Lipinski definition) is 6. The third kappa shape index (κ3) is 3.85. The van der Waals surface area contributed by atoms with E-state index in [4.69, 9.17) is 10.3 Å². The molecule has 4 rings (SSSR count). The summed E-state index contributed by atoms with van der Waals surface area (Å²) in [6, 6.07) is 12.0. The van der Waals surface area contributed by atoms with E-state index in [1.54, 1.807) is 12.3 Å². The Balaban J connectivity index is 1.40. The number of nitrogens with zero attached hydrogens (tertiary/aromatic N) is 3. The molecule has 3 aromatic rings. The van der Waals surface area contributed by atoms with Gasteiger partial charge in [0.25, 0.3) is 0 Å². The van der Waals surface area contributed by atoms with Crippen LogP contribution in [0.4, 0.5) is 0 Å². The Labute approximate surface area is 161 Å². The summed E-state index contributed by atoms with van der Waals surface area (Å²) in [5, 5.41) is 11.9. The van der Waals surface area contributed by atoms with Gasteiger partial charge in [-0.25, -0.2) is 4.68 Å². The standard InChI is InChI=1S/C19H21N5O2S/c1-12-15(9-10-26-12)18-22-23-19(24(18)20)27-11-16(25)21-17(14-7-8-14)13-5-3-2-4-6-13/h2-6,9-10,14,17H,7-8,11,20H2,1H3,(H,21,25). The van der Waals surface area contributed by atoms with Crippen LogP contribution in [0.3, 0.4) is 0 Å². The highest BCUT2D eigenvalue weighted by molar-refractivity contribution is 7.99. The topological polar surface area (TPSA) is 99.0 Å². The molecule has 8 heteroatoms. The molecular weight excluding hydrogens is 362 g/mol. The monoisotopic (exact) mass is 383 g/mol. The van der Waals surface area contributed by atoms with Gasteiger partial charge in [0.05, 0.1) is 23.6 Å². The van der Waals surface area contributed by atoms with E-state index >= 15 is 0 Å². The van der Waals surface area contributed by atoms with Crippen LogP contribution in [0.5, 0.6) is 0 Å². The summed E-state index contributed by atoms with van der Waals surface area (Å²) in [6.07, 6.45) is 3.89. The van der Waals surface area contributed by atoms with Crippen molar-refractivity contribution in [2.24, 2.45) is 5.92 Å². The number of benzene rings is 1. The van der Waals surface area contributed by atoms with E-state index in [-0.39, 0.29) is 17.7 Å². The average Bonchev–Trinajstić information content (AvgIpc) is 3.34. The fourth-order valence-electron chi connectivity index (χ4n) is 3.08. The van der Waals surface area contributed by atoms with Crippen molar-refractivity contribution in [3.63, 3.8) is 0 Å². The zero-order valence-electron chi connectivity index (χ0n) is 15.0. The number of aryl methyl sites for hydroxylation is 1. The van der Waals surface area contributed by atoms with Gasteiger partial charge in [-0.05, 0) is 37.3 Å². The van der Waals surface area contributed by atoms with Gasteiger partial charge in [0, 0.05) is 0 Å². The van der Waals surface area contributed by atoms with Crippen molar-refractivity contribution in [2.45, 2.75) is 31.0 Å². The molecule has 7 nitrogen and oxygen atoms in total. The van der Waals surface area contributed by atoms with Gasteiger partial charge in [0.2, 0.25) is 11.1 Å². The number of furan rings is 1. The summed E-state index contributed by atoms with van der Waals surface area (Å²) < 4.78 is 6.68. The highest BCUT2D eigenvalue weighted by Crippen LogP contribution is 2.41. The second-order valence-corrected chi connectivity index (χ2v) is 7.59. The van der Waals surface area contributed by atoms with Gasteiger partial charge < -0.3 is 15.6 Å². The number of nitrogen functional groups attached to an aromatic ring is 1. The van der Waals surface area contributed by atoms with Crippen molar-refractivity contribution in [3.05, 3.63) is 54.0 Å². The molecule has 1 fully saturated rings. The molecule has 2 aromatic heterocycles. The maximum absolute atomic E-state index is 12.5. The third-order valence-electron chi connectivity index (χ3n) is 4.67. The van der Waals surface area contributed by atoms with Crippen LogP contribution in [0.25, 0.3) is 11.4 Å². The highest BCUT2D eigenvalue weighted by atomic mass is 32.2. The van der Waals surface area contributed by atoms with Gasteiger partial charge in [-0.2, -0.15) is 0 Å². The predicted octanol–water partition coefficient (Wildman–Crippen LogP) is 2.92. The lowest BCUT2D eigenvalue weighted by molar-refractivity contribution is -0.119. The van der Waals surface area contributed by atoms with Crippen LogP contribution in [-0.4, -0.2) is 26.5 Å². The normalized spacial score (nSPS) is 14.9. The molecule has 1 amide bonds. The number of carbonyl (C=O) groups excluding carboxylic acids is 1. The lowest BCUT2D eigenvalue weighted by atomic mass is 10.0. The van der Waals surface area contributed by atoms with Gasteiger partial charge in [-0.15, -0.1) is 10.2 Å². The van der Waals surface area contributed by atoms with Crippen LogP contribution < -0.4 is 11.2 Å². The number of aromatic nitrogens is 3. The van der Waals surface area contributed by atoms with E-state index in [1.165, 1.54) is 16.4 Å². The molecule has 0 spiro atoms. The maximum atomic E-state index is 12.5. The van der Waals surface area contributed by atoms with Gasteiger partial charge in [0.1, 0.15) is 5.76 Å². The van der Waals surface area contributed by atoms with Crippen molar-refractivity contribution in [2.75, 3.05) is 11.6 Å². The van der Waals surface area contributed by atoms with Crippen LogP contribution in [-0.2, 0) is 4.79 Å². The Bertz CT molecular complexity index is 933. The third-order valence-corrected chi connectivity index (χ3v) is 5.61. The Morgan fingerprint density at radius 2 is 2.11 bits per heavy atom. The summed E-state index contributed by atoms with van der Waals surface area (Å²) in [5.74, 6) is 8.05. The zero-order valence-corrected chi connectivity index (χ0v) is 15.8. The van der Waals surface area contributed by atoms with E-state index in [2.05, 4.69) is 27.6 Å². The molecule has 1 unspecified atom stereocenters. The number of carbonyl (C=O) groups is 1.